The molecule has 0 radical (unpaired) electrons. The highest BCUT2D eigenvalue weighted by molar-refractivity contribution is 5.99. The first-order chi connectivity index (χ1) is 19.6. The van der Waals surface area contributed by atoms with Crippen molar-refractivity contribution in [2.24, 2.45) is 5.92 Å². The molecule has 2 aliphatic rings. The summed E-state index contributed by atoms with van der Waals surface area (Å²) in [6.07, 6.45) is 4.75. The second kappa shape index (κ2) is 13.3. The van der Waals surface area contributed by atoms with E-state index in [2.05, 4.69) is 21.1 Å². The van der Waals surface area contributed by atoms with Crippen molar-refractivity contribution < 1.29 is 38.3 Å². The fourth-order valence-electron chi connectivity index (χ4n) is 5.08. The van der Waals surface area contributed by atoms with Gasteiger partial charge in [0.25, 0.3) is 5.91 Å². The van der Waals surface area contributed by atoms with E-state index in [1.165, 1.54) is 6.07 Å². The zero-order valence-electron chi connectivity index (χ0n) is 23.6. The lowest BCUT2D eigenvalue weighted by Crippen LogP contribution is -2.58. The molecule has 222 valence electrons. The number of aryl methyl sites for hydroxylation is 1. The van der Waals surface area contributed by atoms with Gasteiger partial charge in [-0.1, -0.05) is 43.0 Å². The summed E-state index contributed by atoms with van der Waals surface area (Å²) in [7, 11) is 1.54. The number of Topliss-reactive ketones (excluding diaryl/α,β-unsaturated/α-hetero) is 1. The van der Waals surface area contributed by atoms with Gasteiger partial charge in [0, 0.05) is 12.5 Å². The Morgan fingerprint density at radius 2 is 1.68 bits per heavy atom. The number of amides is 3. The molecule has 12 nitrogen and oxygen atoms in total. The number of aliphatic hydroxyl groups excluding tert-OH is 1. The van der Waals surface area contributed by atoms with Gasteiger partial charge in [-0.15, -0.1) is 0 Å². The van der Waals surface area contributed by atoms with E-state index >= 15 is 0 Å². The molecule has 0 spiro atoms. The Morgan fingerprint density at radius 1 is 1.05 bits per heavy atom. The third-order valence-electron chi connectivity index (χ3n) is 7.66. The lowest BCUT2D eigenvalue weighted by atomic mass is 9.90. The maximum absolute atomic E-state index is 13.7. The Hall–Kier alpha value is -3.77. The number of epoxide rings is 1. The number of carbonyl (C=O) groups is 4. The van der Waals surface area contributed by atoms with Crippen molar-refractivity contribution in [3.8, 4) is 5.75 Å². The van der Waals surface area contributed by atoms with Gasteiger partial charge in [0.05, 0.1) is 32.1 Å². The minimum atomic E-state index is -1.37. The molecule has 1 aromatic heterocycles. The molecule has 4 atom stereocenters. The number of carbonyl (C=O) groups excluding carboxylic acids is 4. The number of rotatable bonds is 14. The van der Waals surface area contributed by atoms with Crippen LogP contribution in [-0.4, -0.2) is 77.8 Å². The fraction of sp³-hybridized carbons (Fsp3) is 0.552. The summed E-state index contributed by atoms with van der Waals surface area (Å²) in [5.41, 5.74) is 0.282. The number of ether oxygens (including phenoxy) is 2. The summed E-state index contributed by atoms with van der Waals surface area (Å²) in [5, 5.41) is 21.5. The monoisotopic (exact) mass is 570 g/mol. The largest absolute Gasteiger partial charge is 0.497 e. The normalized spacial score (nSPS) is 20.5. The van der Waals surface area contributed by atoms with Crippen LogP contribution in [-0.2, 0) is 25.5 Å². The van der Waals surface area contributed by atoms with Gasteiger partial charge >= 0.3 is 0 Å². The molecule has 1 saturated carbocycles. The lowest BCUT2D eigenvalue weighted by molar-refractivity contribution is -0.133. The molecule has 1 saturated heterocycles. The van der Waals surface area contributed by atoms with Crippen LogP contribution in [0, 0.1) is 12.8 Å². The molecule has 4 N–H and O–H groups in total. The molecule has 2 heterocycles. The number of hydrogen-bond donors (Lipinski definition) is 4. The van der Waals surface area contributed by atoms with Crippen LogP contribution in [0.1, 0.15) is 60.8 Å². The van der Waals surface area contributed by atoms with E-state index in [-0.39, 0.29) is 18.0 Å². The summed E-state index contributed by atoms with van der Waals surface area (Å²) in [6.45, 7) is 2.93. The van der Waals surface area contributed by atoms with Crippen LogP contribution in [0.4, 0.5) is 0 Å². The first kappa shape index (κ1) is 30.2. The van der Waals surface area contributed by atoms with E-state index in [9.17, 15) is 24.3 Å². The highest BCUT2D eigenvalue weighted by atomic mass is 16.6. The average molecular weight is 571 g/mol. The highest BCUT2D eigenvalue weighted by Crippen LogP contribution is 2.33. The molecule has 12 heteroatoms. The smallest absolute Gasteiger partial charge is 0.290 e. The first-order valence-electron chi connectivity index (χ1n) is 13.9. The predicted molar refractivity (Wildman–Crippen MR) is 146 cm³/mol. The van der Waals surface area contributed by atoms with Crippen LogP contribution in [0.25, 0.3) is 0 Å². The number of nitrogens with zero attached hydrogens (tertiary/aromatic N) is 1. The molecule has 4 rings (SSSR count). The Labute approximate surface area is 238 Å². The van der Waals surface area contributed by atoms with Crippen LogP contribution in [0.15, 0.2) is 34.9 Å². The second-order valence-corrected chi connectivity index (χ2v) is 11.0. The van der Waals surface area contributed by atoms with E-state index in [1.54, 1.807) is 45.2 Å². The van der Waals surface area contributed by atoms with Crippen molar-refractivity contribution in [2.45, 2.75) is 76.1 Å². The third-order valence-corrected chi connectivity index (χ3v) is 7.66. The van der Waals surface area contributed by atoms with Gasteiger partial charge < -0.3 is 35.1 Å². The van der Waals surface area contributed by atoms with Crippen molar-refractivity contribution in [3.63, 3.8) is 0 Å². The number of aromatic nitrogens is 1. The van der Waals surface area contributed by atoms with Crippen molar-refractivity contribution in [1.82, 2.24) is 21.1 Å². The average Bonchev–Trinajstić information content (AvgIpc) is 3.30. The number of nitrogens with one attached hydrogen (secondary N) is 3. The third kappa shape index (κ3) is 7.92. The lowest BCUT2D eigenvalue weighted by Gasteiger charge is -2.27. The van der Waals surface area contributed by atoms with Gasteiger partial charge in [-0.3, -0.25) is 19.2 Å². The summed E-state index contributed by atoms with van der Waals surface area (Å²) in [5.74, 6) is -1.43. The maximum Gasteiger partial charge on any atom is 0.290 e. The Balaban J connectivity index is 1.51. The molecular weight excluding hydrogens is 532 g/mol. The summed E-state index contributed by atoms with van der Waals surface area (Å²) < 4.78 is 15.5. The molecule has 1 aliphatic carbocycles. The number of methoxy groups -OCH3 is 1. The van der Waals surface area contributed by atoms with Gasteiger partial charge in [-0.25, -0.2) is 0 Å². The SMILES string of the molecule is COc1ccc(C[C@H](NC(=O)[C@@H](CO)NC(=O)c2cc(C)no2)C(=O)N[C@@H](CC2CCCC2)C(=O)[C@@]2(C)CO2)cc1. The van der Waals surface area contributed by atoms with Gasteiger partial charge in [0.1, 0.15) is 23.4 Å². The van der Waals surface area contributed by atoms with E-state index in [4.69, 9.17) is 14.0 Å². The van der Waals surface area contributed by atoms with Crippen LogP contribution in [0.3, 0.4) is 0 Å². The Bertz CT molecular complexity index is 1230. The van der Waals surface area contributed by atoms with E-state index in [0.29, 0.717) is 30.4 Å². The zero-order valence-corrected chi connectivity index (χ0v) is 23.6. The number of benzene rings is 1. The molecule has 0 unspecified atom stereocenters. The van der Waals surface area contributed by atoms with Crippen LogP contribution in [0.2, 0.25) is 0 Å². The van der Waals surface area contributed by atoms with Gasteiger partial charge in [-0.2, -0.15) is 0 Å². The van der Waals surface area contributed by atoms with E-state index in [1.807, 2.05) is 0 Å². The molecule has 2 aromatic rings. The quantitative estimate of drug-likeness (QED) is 0.244. The first-order valence-corrected chi connectivity index (χ1v) is 13.9. The number of aliphatic hydroxyl groups is 1. The second-order valence-electron chi connectivity index (χ2n) is 11.0. The Morgan fingerprint density at radius 3 is 2.24 bits per heavy atom. The van der Waals surface area contributed by atoms with Gasteiger partial charge in [0.2, 0.25) is 17.6 Å². The summed E-state index contributed by atoms with van der Waals surface area (Å²) >= 11 is 0. The Kier molecular flexibility index (Phi) is 9.77. The van der Waals surface area contributed by atoms with Crippen LogP contribution >= 0.6 is 0 Å². The van der Waals surface area contributed by atoms with Crippen molar-refractivity contribution in [3.05, 3.63) is 47.3 Å². The summed E-state index contributed by atoms with van der Waals surface area (Å²) in [4.78, 5) is 52.7. The highest BCUT2D eigenvalue weighted by Gasteiger charge is 2.50. The molecule has 1 aliphatic heterocycles. The van der Waals surface area contributed by atoms with Crippen LogP contribution in [0.5, 0.6) is 5.75 Å². The molecule has 1 aromatic carbocycles. The van der Waals surface area contributed by atoms with Gasteiger partial charge in [-0.05, 0) is 43.9 Å². The van der Waals surface area contributed by atoms with E-state index < -0.39 is 48.1 Å². The minimum Gasteiger partial charge on any atom is -0.497 e. The van der Waals surface area contributed by atoms with Crippen LogP contribution < -0.4 is 20.7 Å². The molecule has 2 fully saturated rings. The van der Waals surface area contributed by atoms with E-state index in [0.717, 1.165) is 31.2 Å². The minimum absolute atomic E-state index is 0.0903. The predicted octanol–water partition coefficient (Wildman–Crippen LogP) is 1.23. The number of ketones is 1. The molecular formula is C29H38N4O8. The zero-order chi connectivity index (χ0) is 29.6. The topological polar surface area (TPSA) is 172 Å². The van der Waals surface area contributed by atoms with Crippen molar-refractivity contribution in [1.29, 1.82) is 0 Å². The van der Waals surface area contributed by atoms with Crippen molar-refractivity contribution >= 4 is 23.5 Å². The molecule has 3 amide bonds. The maximum atomic E-state index is 13.7. The molecule has 0 bridgehead atoms. The van der Waals surface area contributed by atoms with Crippen molar-refractivity contribution in [2.75, 3.05) is 20.3 Å². The molecule has 41 heavy (non-hydrogen) atoms. The van der Waals surface area contributed by atoms with Gasteiger partial charge in [0.15, 0.2) is 5.78 Å². The number of hydrogen-bond acceptors (Lipinski definition) is 9. The fourth-order valence-corrected chi connectivity index (χ4v) is 5.08. The summed E-state index contributed by atoms with van der Waals surface area (Å²) in [6, 6.07) is 5.16. The standard InChI is InChI=1S/C29H38N4O8/c1-17-12-24(41-33-17)28(38)32-23(15-34)27(37)31-22(14-19-8-10-20(39-3)11-9-19)26(36)30-21(13-18-6-4-5-7-18)25(35)29(2)16-40-29/h8-12,18,21-23,34H,4-7,13-16H2,1-3H3,(H,30,36)(H,31,37)(H,32,38)/t21-,22-,23+,29+/m0/s1.